The molecule has 0 saturated heterocycles. The summed E-state index contributed by atoms with van der Waals surface area (Å²) in [6, 6.07) is 7.77. The van der Waals surface area contributed by atoms with Crippen LogP contribution in [0, 0.1) is 6.92 Å². The van der Waals surface area contributed by atoms with Crippen molar-refractivity contribution in [1.82, 2.24) is 9.47 Å². The summed E-state index contributed by atoms with van der Waals surface area (Å²) >= 11 is 0. The first-order valence-electron chi connectivity index (χ1n) is 11.2. The molecule has 3 rings (SSSR count). The van der Waals surface area contributed by atoms with Gasteiger partial charge >= 0.3 is 12.1 Å². The molecule has 1 fully saturated rings. The van der Waals surface area contributed by atoms with E-state index < -0.39 is 11.7 Å². The maximum Gasteiger partial charge on any atom is 0.416 e. The van der Waals surface area contributed by atoms with E-state index in [1.807, 2.05) is 13.0 Å². The smallest absolute Gasteiger partial charge is 0.344 e. The highest BCUT2D eigenvalue weighted by atomic mass is 19.4. The van der Waals surface area contributed by atoms with Gasteiger partial charge in [-0.25, -0.2) is 10.1 Å². The molecule has 176 valence electrons. The van der Waals surface area contributed by atoms with E-state index in [0.29, 0.717) is 17.6 Å². The van der Waals surface area contributed by atoms with Crippen LogP contribution >= 0.6 is 0 Å². The van der Waals surface area contributed by atoms with Crippen LogP contribution in [0.15, 0.2) is 30.3 Å². The normalized spacial score (nSPS) is 20.1. The predicted octanol–water partition coefficient (Wildman–Crippen LogP) is 5.19. The third-order valence-corrected chi connectivity index (χ3v) is 6.60. The van der Waals surface area contributed by atoms with E-state index in [0.717, 1.165) is 49.2 Å². The van der Waals surface area contributed by atoms with Crippen LogP contribution in [-0.2, 0) is 11.6 Å². The number of alkyl halides is 3. The first-order chi connectivity index (χ1) is 14.8. The third-order valence-electron chi connectivity index (χ3n) is 6.60. The van der Waals surface area contributed by atoms with Crippen molar-refractivity contribution in [2.75, 3.05) is 14.1 Å². The van der Waals surface area contributed by atoms with Gasteiger partial charge in [0.15, 0.2) is 0 Å². The van der Waals surface area contributed by atoms with Crippen LogP contribution in [0.25, 0.3) is 0 Å². The number of hydrogen-bond donors (Lipinski definition) is 1. The highest BCUT2D eigenvalue weighted by molar-refractivity contribution is 5.89. The summed E-state index contributed by atoms with van der Waals surface area (Å²) in [5.74, 6) is -0.256. The van der Waals surface area contributed by atoms with Crippen molar-refractivity contribution in [2.45, 2.75) is 77.1 Å². The minimum Gasteiger partial charge on any atom is -0.344 e. The van der Waals surface area contributed by atoms with E-state index in [9.17, 15) is 18.0 Å². The molecule has 0 atom stereocenters. The topological polar surface area (TPSA) is 41.9 Å². The zero-order chi connectivity index (χ0) is 23.8. The zero-order valence-corrected chi connectivity index (χ0v) is 19.9. The lowest BCUT2D eigenvalue weighted by Crippen LogP contribution is -2.82. The van der Waals surface area contributed by atoms with Gasteiger partial charge in [-0.1, -0.05) is 26.8 Å². The Morgan fingerprint density at radius 3 is 2.22 bits per heavy atom. The van der Waals surface area contributed by atoms with Gasteiger partial charge in [-0.3, -0.25) is 0 Å². The van der Waals surface area contributed by atoms with Crippen molar-refractivity contribution in [1.29, 1.82) is 0 Å². The monoisotopic (exact) mass is 450 g/mol. The Kier molecular flexibility index (Phi) is 6.91. The number of carbonyl (C=O) groups is 1. The molecule has 1 aromatic carbocycles. The summed E-state index contributed by atoms with van der Waals surface area (Å²) in [5, 5.41) is 1.32. The molecule has 0 bridgehead atoms. The number of nitrogens with two attached hydrogens (primary N) is 1. The highest BCUT2D eigenvalue weighted by Gasteiger charge is 2.33. The maximum absolute atomic E-state index is 13.2. The van der Waals surface area contributed by atoms with E-state index in [4.69, 9.17) is 0 Å². The highest BCUT2D eigenvalue weighted by Crippen LogP contribution is 2.37. The van der Waals surface area contributed by atoms with Gasteiger partial charge in [0.05, 0.1) is 5.56 Å². The lowest BCUT2D eigenvalue weighted by atomic mass is 9.87. The molecule has 1 aliphatic rings. The molecule has 1 saturated carbocycles. The molecule has 0 spiro atoms. The lowest BCUT2D eigenvalue weighted by molar-refractivity contribution is -0.464. The van der Waals surface area contributed by atoms with Crippen molar-refractivity contribution >= 4 is 11.6 Å². The van der Waals surface area contributed by atoms with Gasteiger partial charge in [-0.2, -0.15) is 13.2 Å². The summed E-state index contributed by atoms with van der Waals surface area (Å²) in [5.41, 5.74) is 1.93. The van der Waals surface area contributed by atoms with Crippen LogP contribution in [0.4, 0.5) is 18.9 Å². The molecule has 1 aliphatic carbocycles. The molecule has 1 amide bonds. The number of nitrogens with zero attached hydrogens (tertiary/aromatic N) is 2. The van der Waals surface area contributed by atoms with Gasteiger partial charge in [-0.05, 0) is 64.9 Å². The number of aromatic nitrogens is 1. The van der Waals surface area contributed by atoms with Crippen molar-refractivity contribution < 1.29 is 23.3 Å². The van der Waals surface area contributed by atoms with E-state index in [2.05, 4.69) is 44.3 Å². The second kappa shape index (κ2) is 9.02. The zero-order valence-electron chi connectivity index (χ0n) is 19.9. The fourth-order valence-electron chi connectivity index (χ4n) is 4.79. The fraction of sp³-hybridized carbons (Fsp3) is 0.560. The molecule has 7 heteroatoms. The fourth-order valence-corrected chi connectivity index (χ4v) is 4.79. The summed E-state index contributed by atoms with van der Waals surface area (Å²) in [7, 11) is 4.24. The molecule has 1 heterocycles. The minimum absolute atomic E-state index is 0.155. The van der Waals surface area contributed by atoms with Gasteiger partial charge in [0, 0.05) is 35.0 Å². The molecular formula is C25H35F3N3O+. The van der Waals surface area contributed by atoms with Crippen molar-refractivity contribution in [3.63, 3.8) is 0 Å². The first kappa shape index (κ1) is 24.5. The van der Waals surface area contributed by atoms with Crippen molar-refractivity contribution in [3.8, 4) is 0 Å². The molecule has 2 N–H and O–H groups in total. The third kappa shape index (κ3) is 5.26. The summed E-state index contributed by atoms with van der Waals surface area (Å²) in [6.45, 7) is 8.36. The molecule has 32 heavy (non-hydrogen) atoms. The van der Waals surface area contributed by atoms with E-state index in [1.165, 1.54) is 17.4 Å². The van der Waals surface area contributed by atoms with Crippen LogP contribution in [-0.4, -0.2) is 35.5 Å². The summed E-state index contributed by atoms with van der Waals surface area (Å²) < 4.78 is 41.5. The second-order valence-electron chi connectivity index (χ2n) is 10.2. The van der Waals surface area contributed by atoms with E-state index in [-0.39, 0.29) is 17.0 Å². The van der Waals surface area contributed by atoms with E-state index >= 15 is 0 Å². The van der Waals surface area contributed by atoms with Gasteiger partial charge in [-0.15, -0.1) is 0 Å². The Morgan fingerprint density at radius 1 is 1.06 bits per heavy atom. The van der Waals surface area contributed by atoms with Gasteiger partial charge in [0.2, 0.25) is 0 Å². The standard InChI is InChI=1S/C25H34F3N3O/c1-16-21(23(32)29-18-9-7-8-17(14-18)25(26,27)28)15-22(24(2,3)4)31(16)20-12-10-19(11-13-20)30(5)6/h7-9,14-15,19-20H,10-13H2,1-6H3,(H,29,32)/p+1. The van der Waals surface area contributed by atoms with E-state index in [1.54, 1.807) is 0 Å². The molecule has 1 aromatic heterocycles. The molecule has 2 aromatic rings. The lowest BCUT2D eigenvalue weighted by Gasteiger charge is -2.36. The van der Waals surface area contributed by atoms with Crippen LogP contribution in [0.3, 0.4) is 0 Å². The predicted molar refractivity (Wildman–Crippen MR) is 120 cm³/mol. The Balaban J connectivity index is 1.90. The number of hydrogen-bond acceptors (Lipinski definition) is 2. The quantitative estimate of drug-likeness (QED) is 0.651. The molecule has 0 radical (unpaired) electrons. The van der Waals surface area contributed by atoms with Crippen LogP contribution < -0.4 is 5.32 Å². The second-order valence-corrected chi connectivity index (χ2v) is 10.2. The van der Waals surface area contributed by atoms with Crippen molar-refractivity contribution in [3.05, 3.63) is 52.8 Å². The number of halogens is 3. The van der Waals surface area contributed by atoms with Crippen LogP contribution in [0.1, 0.15) is 79.8 Å². The Hall–Kier alpha value is -2.12. The number of rotatable bonds is 4. The first-order valence-corrected chi connectivity index (χ1v) is 11.2. The maximum atomic E-state index is 13.2. The van der Waals surface area contributed by atoms with Gasteiger partial charge < -0.3 is 9.47 Å². The molecule has 4 nitrogen and oxygen atoms in total. The Labute approximate surface area is 188 Å². The molecule has 0 unspecified atom stereocenters. The largest absolute Gasteiger partial charge is 0.416 e. The summed E-state index contributed by atoms with van der Waals surface area (Å²) in [4.78, 5) is 15.4. The van der Waals surface area contributed by atoms with Gasteiger partial charge in [0.1, 0.15) is 11.3 Å². The number of primary amides is 1. The van der Waals surface area contributed by atoms with Crippen LogP contribution in [0.2, 0.25) is 0 Å². The minimum atomic E-state index is -4.43. The number of carbonyl (C=O) groups excluding carboxylic acids is 1. The Bertz CT molecular complexity index is 962. The number of quaternary nitrogens is 1. The Morgan fingerprint density at radius 2 is 1.69 bits per heavy atom. The van der Waals surface area contributed by atoms with Gasteiger partial charge in [0.25, 0.3) is 0 Å². The average molecular weight is 451 g/mol. The number of benzene rings is 1. The molecular weight excluding hydrogens is 415 g/mol. The summed E-state index contributed by atoms with van der Waals surface area (Å²) in [6.07, 6.45) is -0.118. The van der Waals surface area contributed by atoms with Crippen LogP contribution in [0.5, 0.6) is 0 Å². The average Bonchev–Trinajstić information content (AvgIpc) is 3.05. The molecule has 0 aliphatic heterocycles. The van der Waals surface area contributed by atoms with Crippen molar-refractivity contribution in [2.24, 2.45) is 0 Å². The SMILES string of the molecule is Cc1c(C(=O)[NH2+]c2cccc(C(F)(F)F)c2)cc(C(C)(C)C)n1C1CCC(N(C)C)CC1. The number of amides is 1.